The van der Waals surface area contributed by atoms with Crippen LogP contribution in [0, 0.1) is 11.8 Å². The Morgan fingerprint density at radius 3 is 2.68 bits per heavy atom. The van der Waals surface area contributed by atoms with Crippen molar-refractivity contribution >= 4 is 11.6 Å². The van der Waals surface area contributed by atoms with E-state index in [9.17, 15) is 0 Å². The number of anilines is 1. The molecule has 0 radical (unpaired) electrons. The summed E-state index contributed by atoms with van der Waals surface area (Å²) >= 11 is 0. The van der Waals surface area contributed by atoms with E-state index in [0.29, 0.717) is 17.8 Å². The Hall–Kier alpha value is -1.78. The van der Waals surface area contributed by atoms with Crippen molar-refractivity contribution in [2.75, 3.05) is 12.3 Å². The predicted molar refractivity (Wildman–Crippen MR) is 86.0 cm³/mol. The van der Waals surface area contributed by atoms with Gasteiger partial charge < -0.3 is 10.5 Å². The summed E-state index contributed by atoms with van der Waals surface area (Å²) in [5.74, 6) is 3.63. The lowest BCUT2D eigenvalue weighted by molar-refractivity contribution is 0.187. The molecule has 0 amide bonds. The van der Waals surface area contributed by atoms with Crippen LogP contribution in [0.1, 0.15) is 56.9 Å². The molecule has 2 heterocycles. The molecule has 2 saturated carbocycles. The number of ether oxygens (including phenoxy) is 1. The molecule has 0 spiro atoms. The van der Waals surface area contributed by atoms with Gasteiger partial charge in [0.2, 0.25) is 5.95 Å². The number of pyridine rings is 1. The molecule has 2 aliphatic rings. The minimum absolute atomic E-state index is 0.449. The molecule has 5 heteroatoms. The highest BCUT2D eigenvalue weighted by Gasteiger charge is 2.28. The van der Waals surface area contributed by atoms with Gasteiger partial charge in [-0.3, -0.25) is 4.40 Å². The van der Waals surface area contributed by atoms with Gasteiger partial charge in [-0.1, -0.05) is 19.8 Å². The van der Waals surface area contributed by atoms with Gasteiger partial charge >= 0.3 is 0 Å². The molecule has 2 fully saturated rings. The van der Waals surface area contributed by atoms with E-state index in [4.69, 9.17) is 10.5 Å². The lowest BCUT2D eigenvalue weighted by Crippen LogP contribution is -2.19. The second kappa shape index (κ2) is 5.45. The average molecular weight is 300 g/mol. The number of hydrogen-bond donors (Lipinski definition) is 1. The molecule has 0 bridgehead atoms. The highest BCUT2D eigenvalue weighted by atomic mass is 16.5. The number of nitrogens with two attached hydrogens (primary N) is 1. The highest BCUT2D eigenvalue weighted by molar-refractivity contribution is 5.52. The van der Waals surface area contributed by atoms with Crippen molar-refractivity contribution in [3.8, 4) is 5.75 Å². The van der Waals surface area contributed by atoms with Crippen LogP contribution in [-0.2, 0) is 0 Å². The fourth-order valence-electron chi connectivity index (χ4n) is 3.48. The number of fused-ring (bicyclic) bond motifs is 1. The van der Waals surface area contributed by atoms with E-state index in [1.54, 1.807) is 0 Å². The van der Waals surface area contributed by atoms with Gasteiger partial charge in [-0.2, -0.15) is 0 Å². The topological polar surface area (TPSA) is 65.4 Å². The molecule has 22 heavy (non-hydrogen) atoms. The second-order valence-corrected chi connectivity index (χ2v) is 7.09. The number of hydrogen-bond acceptors (Lipinski definition) is 4. The molecule has 0 aromatic carbocycles. The first-order chi connectivity index (χ1) is 10.7. The lowest BCUT2D eigenvalue weighted by atomic mass is 9.83. The summed E-state index contributed by atoms with van der Waals surface area (Å²) in [4.78, 5) is 0. The summed E-state index contributed by atoms with van der Waals surface area (Å²) in [6.07, 6.45) is 9.81. The van der Waals surface area contributed by atoms with Crippen molar-refractivity contribution in [2.45, 2.75) is 51.4 Å². The number of rotatable bonds is 4. The van der Waals surface area contributed by atoms with E-state index in [0.717, 1.165) is 23.9 Å². The molecule has 118 valence electrons. The minimum Gasteiger partial charge on any atom is -0.493 e. The van der Waals surface area contributed by atoms with Crippen LogP contribution in [0.5, 0.6) is 5.75 Å². The Bertz CT molecular complexity index is 669. The van der Waals surface area contributed by atoms with E-state index in [2.05, 4.69) is 23.3 Å². The minimum atomic E-state index is 0.449. The van der Waals surface area contributed by atoms with Crippen LogP contribution in [0.25, 0.3) is 5.65 Å². The molecular formula is C17H24N4O. The highest BCUT2D eigenvalue weighted by Crippen LogP contribution is 2.45. The first-order valence-electron chi connectivity index (χ1n) is 8.47. The number of aromatic nitrogens is 3. The van der Waals surface area contributed by atoms with Crippen LogP contribution >= 0.6 is 0 Å². The smallest absolute Gasteiger partial charge is 0.226 e. The van der Waals surface area contributed by atoms with Crippen LogP contribution in [0.3, 0.4) is 0 Å². The molecule has 2 N–H and O–H groups in total. The van der Waals surface area contributed by atoms with Gasteiger partial charge in [-0.15, -0.1) is 10.2 Å². The third kappa shape index (κ3) is 2.64. The van der Waals surface area contributed by atoms with Crippen molar-refractivity contribution < 1.29 is 4.74 Å². The van der Waals surface area contributed by atoms with Gasteiger partial charge in [0.15, 0.2) is 5.65 Å². The summed E-state index contributed by atoms with van der Waals surface area (Å²) in [6, 6.07) is 2.00. The largest absolute Gasteiger partial charge is 0.493 e. The number of nitrogen functional groups attached to an aromatic ring is 1. The third-order valence-electron chi connectivity index (χ3n) is 5.19. The number of nitrogens with zero attached hydrogens (tertiary/aromatic N) is 3. The Morgan fingerprint density at radius 2 is 1.95 bits per heavy atom. The van der Waals surface area contributed by atoms with Gasteiger partial charge in [-0.05, 0) is 43.4 Å². The van der Waals surface area contributed by atoms with Gasteiger partial charge in [0.05, 0.1) is 6.61 Å². The average Bonchev–Trinajstić information content (AvgIpc) is 3.31. The molecule has 0 atom stereocenters. The van der Waals surface area contributed by atoms with Gasteiger partial charge in [-0.25, -0.2) is 0 Å². The summed E-state index contributed by atoms with van der Waals surface area (Å²) in [5, 5.41) is 8.06. The molecule has 2 aliphatic carbocycles. The summed E-state index contributed by atoms with van der Waals surface area (Å²) in [6.45, 7) is 3.18. The molecule has 0 aliphatic heterocycles. The Morgan fingerprint density at radius 1 is 1.18 bits per heavy atom. The van der Waals surface area contributed by atoms with Crippen molar-refractivity contribution in [3.63, 3.8) is 0 Å². The van der Waals surface area contributed by atoms with E-state index < -0.39 is 0 Å². The van der Waals surface area contributed by atoms with E-state index in [-0.39, 0.29) is 0 Å². The van der Waals surface area contributed by atoms with Crippen LogP contribution in [0.4, 0.5) is 5.95 Å². The second-order valence-electron chi connectivity index (χ2n) is 7.09. The van der Waals surface area contributed by atoms with Crippen LogP contribution in [-0.4, -0.2) is 21.2 Å². The normalized spacial score (nSPS) is 25.5. The molecule has 5 nitrogen and oxygen atoms in total. The Labute approximate surface area is 130 Å². The zero-order valence-corrected chi connectivity index (χ0v) is 13.2. The van der Waals surface area contributed by atoms with Crippen LogP contribution in [0.15, 0.2) is 12.3 Å². The molecule has 0 unspecified atom stereocenters. The molecular weight excluding hydrogens is 276 g/mol. The quantitative estimate of drug-likeness (QED) is 0.940. The SMILES string of the molecule is CC1CCC(COc2cc3nnc(N)n3cc2C2CC2)CC1. The molecule has 2 aromatic heterocycles. The maximum atomic E-state index is 6.21. The molecule has 0 saturated heterocycles. The first-order valence-corrected chi connectivity index (χ1v) is 8.47. The predicted octanol–water partition coefficient (Wildman–Crippen LogP) is 3.39. The zero-order chi connectivity index (χ0) is 15.1. The van der Waals surface area contributed by atoms with Crippen molar-refractivity contribution in [1.29, 1.82) is 0 Å². The standard InChI is InChI=1S/C17H24N4O/c1-11-2-4-12(5-3-11)10-22-15-8-16-19-20-17(18)21(16)9-14(15)13-6-7-13/h8-9,11-13H,2-7,10H2,1H3,(H2,18,20). The lowest BCUT2D eigenvalue weighted by Gasteiger charge is -2.26. The van der Waals surface area contributed by atoms with E-state index in [1.807, 2.05) is 10.5 Å². The van der Waals surface area contributed by atoms with Gasteiger partial charge in [0, 0.05) is 17.8 Å². The Kier molecular flexibility index (Phi) is 3.43. The Balaban J connectivity index is 1.53. The summed E-state index contributed by atoms with van der Waals surface area (Å²) in [5.41, 5.74) is 7.91. The monoisotopic (exact) mass is 300 g/mol. The van der Waals surface area contributed by atoms with Crippen LogP contribution in [0.2, 0.25) is 0 Å². The van der Waals surface area contributed by atoms with Crippen molar-refractivity contribution in [3.05, 3.63) is 17.8 Å². The third-order valence-corrected chi connectivity index (χ3v) is 5.19. The maximum Gasteiger partial charge on any atom is 0.226 e. The first kappa shape index (κ1) is 13.9. The molecule has 2 aromatic rings. The van der Waals surface area contributed by atoms with Gasteiger partial charge in [0.25, 0.3) is 0 Å². The van der Waals surface area contributed by atoms with E-state index in [1.165, 1.54) is 44.1 Å². The van der Waals surface area contributed by atoms with Crippen molar-refractivity contribution in [2.24, 2.45) is 11.8 Å². The van der Waals surface area contributed by atoms with Gasteiger partial charge in [0.1, 0.15) is 5.75 Å². The maximum absolute atomic E-state index is 6.21. The molecule has 4 rings (SSSR count). The summed E-state index contributed by atoms with van der Waals surface area (Å²) < 4.78 is 8.07. The zero-order valence-electron chi connectivity index (χ0n) is 13.2. The van der Waals surface area contributed by atoms with Crippen LogP contribution < -0.4 is 10.5 Å². The van der Waals surface area contributed by atoms with Crippen molar-refractivity contribution in [1.82, 2.24) is 14.6 Å². The van der Waals surface area contributed by atoms with E-state index >= 15 is 0 Å². The fourth-order valence-corrected chi connectivity index (χ4v) is 3.48. The fraction of sp³-hybridized carbons (Fsp3) is 0.647. The summed E-state index contributed by atoms with van der Waals surface area (Å²) in [7, 11) is 0.